The van der Waals surface area contributed by atoms with E-state index in [2.05, 4.69) is 0 Å². The number of hydrogen-bond donors (Lipinski definition) is 1. The molecule has 0 aromatic carbocycles. The second-order valence-electron chi connectivity index (χ2n) is 4.21. The van der Waals surface area contributed by atoms with Crippen molar-refractivity contribution in [3.05, 3.63) is 0 Å². The molecule has 10 heavy (non-hydrogen) atoms. The van der Waals surface area contributed by atoms with Gasteiger partial charge in [0.2, 0.25) is 0 Å². The number of aliphatic hydroxyl groups is 1. The van der Waals surface area contributed by atoms with Crippen molar-refractivity contribution in [3.8, 4) is 0 Å². The van der Waals surface area contributed by atoms with E-state index in [1.807, 2.05) is 6.92 Å². The third-order valence-electron chi connectivity index (χ3n) is 3.38. The van der Waals surface area contributed by atoms with E-state index in [0.29, 0.717) is 5.92 Å². The van der Waals surface area contributed by atoms with Gasteiger partial charge in [0.1, 0.15) is 0 Å². The van der Waals surface area contributed by atoms with Crippen LogP contribution in [0.3, 0.4) is 0 Å². The van der Waals surface area contributed by atoms with Crippen LogP contribution < -0.4 is 0 Å². The van der Waals surface area contributed by atoms with Gasteiger partial charge in [-0.15, -0.1) is 0 Å². The van der Waals surface area contributed by atoms with Crippen molar-refractivity contribution in [1.82, 2.24) is 0 Å². The Hall–Kier alpha value is -0.0400. The molecule has 1 N–H and O–H groups in total. The van der Waals surface area contributed by atoms with Crippen molar-refractivity contribution < 1.29 is 5.11 Å². The lowest BCUT2D eigenvalue weighted by molar-refractivity contribution is -0.140. The molecule has 0 aliphatic heterocycles. The molecular formula is C9H16O. The zero-order chi connectivity index (χ0) is 7.19. The molecule has 0 bridgehead atoms. The van der Waals surface area contributed by atoms with Gasteiger partial charge in [-0.2, -0.15) is 0 Å². The Morgan fingerprint density at radius 2 is 2.00 bits per heavy atom. The van der Waals surface area contributed by atoms with Gasteiger partial charge in [-0.25, -0.2) is 0 Å². The predicted molar refractivity (Wildman–Crippen MR) is 40.7 cm³/mol. The molecule has 0 spiro atoms. The van der Waals surface area contributed by atoms with Crippen molar-refractivity contribution in [1.29, 1.82) is 0 Å². The molecule has 1 nitrogen and oxygen atoms in total. The minimum Gasteiger partial charge on any atom is -0.390 e. The largest absolute Gasteiger partial charge is 0.390 e. The van der Waals surface area contributed by atoms with Gasteiger partial charge in [-0.1, -0.05) is 12.8 Å². The fraction of sp³-hybridized carbons (Fsp3) is 1.00. The molecule has 2 fully saturated rings. The van der Waals surface area contributed by atoms with Crippen LogP contribution in [-0.2, 0) is 0 Å². The molecule has 0 saturated heterocycles. The summed E-state index contributed by atoms with van der Waals surface area (Å²) in [6, 6.07) is 0. The van der Waals surface area contributed by atoms with E-state index >= 15 is 0 Å². The Morgan fingerprint density at radius 3 is 2.50 bits per heavy atom. The van der Waals surface area contributed by atoms with E-state index in [9.17, 15) is 5.11 Å². The van der Waals surface area contributed by atoms with Crippen molar-refractivity contribution in [2.75, 3.05) is 0 Å². The van der Waals surface area contributed by atoms with Crippen molar-refractivity contribution in [2.24, 2.45) is 11.8 Å². The van der Waals surface area contributed by atoms with Crippen molar-refractivity contribution >= 4 is 0 Å². The Balaban J connectivity index is 2.01. The normalized spacial score (nSPS) is 53.4. The molecule has 0 radical (unpaired) electrons. The van der Waals surface area contributed by atoms with Gasteiger partial charge < -0.3 is 5.11 Å². The number of rotatable bonds is 0. The molecule has 0 aromatic heterocycles. The standard InChI is InChI=1S/C9H16O/c1-9(10)6-7-4-2-3-5-8(7)9/h7-8,10H,2-6H2,1H3/t7-,8-,9+/m0/s1. The number of hydrogen-bond acceptors (Lipinski definition) is 1. The van der Waals surface area contributed by atoms with E-state index in [-0.39, 0.29) is 5.60 Å². The summed E-state index contributed by atoms with van der Waals surface area (Å²) >= 11 is 0. The fourth-order valence-corrected chi connectivity index (χ4v) is 2.79. The molecule has 0 aromatic rings. The minimum absolute atomic E-state index is 0.287. The lowest BCUT2D eigenvalue weighted by atomic mass is 9.56. The lowest BCUT2D eigenvalue weighted by Crippen LogP contribution is -2.52. The highest BCUT2D eigenvalue weighted by atomic mass is 16.3. The highest BCUT2D eigenvalue weighted by molar-refractivity contribution is 5.00. The lowest BCUT2D eigenvalue weighted by Gasteiger charge is -2.52. The summed E-state index contributed by atoms with van der Waals surface area (Å²) in [5, 5.41) is 9.71. The van der Waals surface area contributed by atoms with Crippen LogP contribution in [-0.4, -0.2) is 10.7 Å². The van der Waals surface area contributed by atoms with E-state index in [4.69, 9.17) is 0 Å². The van der Waals surface area contributed by atoms with Crippen LogP contribution in [0, 0.1) is 11.8 Å². The van der Waals surface area contributed by atoms with Crippen LogP contribution >= 0.6 is 0 Å². The summed E-state index contributed by atoms with van der Waals surface area (Å²) in [4.78, 5) is 0. The first kappa shape index (κ1) is 6.66. The molecule has 2 aliphatic carbocycles. The monoisotopic (exact) mass is 140 g/mol. The van der Waals surface area contributed by atoms with Crippen LogP contribution in [0.4, 0.5) is 0 Å². The Bertz CT molecular complexity index is 140. The first-order chi connectivity index (χ1) is 4.70. The topological polar surface area (TPSA) is 20.2 Å². The van der Waals surface area contributed by atoms with Gasteiger partial charge in [0, 0.05) is 0 Å². The summed E-state index contributed by atoms with van der Waals surface area (Å²) in [5.41, 5.74) is -0.287. The summed E-state index contributed by atoms with van der Waals surface area (Å²) < 4.78 is 0. The maximum absolute atomic E-state index is 9.71. The second kappa shape index (κ2) is 1.97. The van der Waals surface area contributed by atoms with Crippen LogP contribution in [0.2, 0.25) is 0 Å². The average molecular weight is 140 g/mol. The highest BCUT2D eigenvalue weighted by Gasteiger charge is 2.49. The van der Waals surface area contributed by atoms with E-state index < -0.39 is 0 Å². The fourth-order valence-electron chi connectivity index (χ4n) is 2.79. The highest BCUT2D eigenvalue weighted by Crippen LogP contribution is 2.51. The Morgan fingerprint density at radius 1 is 1.30 bits per heavy atom. The van der Waals surface area contributed by atoms with Gasteiger partial charge in [-0.3, -0.25) is 0 Å². The van der Waals surface area contributed by atoms with Crippen molar-refractivity contribution in [3.63, 3.8) is 0 Å². The van der Waals surface area contributed by atoms with Crippen LogP contribution in [0.5, 0.6) is 0 Å². The van der Waals surface area contributed by atoms with Crippen LogP contribution in [0.25, 0.3) is 0 Å². The zero-order valence-electron chi connectivity index (χ0n) is 6.64. The quantitative estimate of drug-likeness (QED) is 0.545. The molecule has 0 heterocycles. The summed E-state index contributed by atoms with van der Waals surface area (Å²) in [5.74, 6) is 1.53. The maximum atomic E-state index is 9.71. The van der Waals surface area contributed by atoms with Crippen molar-refractivity contribution in [2.45, 2.75) is 44.6 Å². The summed E-state index contributed by atoms with van der Waals surface area (Å²) in [6.45, 7) is 2.00. The molecule has 2 aliphatic rings. The third-order valence-corrected chi connectivity index (χ3v) is 3.38. The second-order valence-corrected chi connectivity index (χ2v) is 4.21. The third kappa shape index (κ3) is 0.800. The molecular weight excluding hydrogens is 124 g/mol. The van der Waals surface area contributed by atoms with Crippen LogP contribution in [0.15, 0.2) is 0 Å². The van der Waals surface area contributed by atoms with E-state index in [1.54, 1.807) is 0 Å². The van der Waals surface area contributed by atoms with Gasteiger partial charge in [0.15, 0.2) is 0 Å². The maximum Gasteiger partial charge on any atom is 0.0653 e. The number of fused-ring (bicyclic) bond motifs is 1. The molecule has 0 unspecified atom stereocenters. The summed E-state index contributed by atoms with van der Waals surface area (Å²) in [7, 11) is 0. The van der Waals surface area contributed by atoms with Crippen LogP contribution in [0.1, 0.15) is 39.0 Å². The Labute approximate surface area is 62.4 Å². The van der Waals surface area contributed by atoms with E-state index in [0.717, 1.165) is 12.3 Å². The summed E-state index contributed by atoms with van der Waals surface area (Å²) in [6.07, 6.45) is 6.46. The van der Waals surface area contributed by atoms with Gasteiger partial charge in [0.05, 0.1) is 5.60 Å². The molecule has 3 atom stereocenters. The average Bonchev–Trinajstić information content (AvgIpc) is 1.86. The molecule has 2 rings (SSSR count). The van der Waals surface area contributed by atoms with Gasteiger partial charge in [-0.05, 0) is 38.0 Å². The first-order valence-electron chi connectivity index (χ1n) is 4.42. The molecule has 1 heteroatoms. The van der Waals surface area contributed by atoms with E-state index in [1.165, 1.54) is 25.7 Å². The molecule has 0 amide bonds. The first-order valence-corrected chi connectivity index (χ1v) is 4.42. The van der Waals surface area contributed by atoms with Gasteiger partial charge >= 0.3 is 0 Å². The zero-order valence-corrected chi connectivity index (χ0v) is 6.64. The SMILES string of the molecule is C[C@@]1(O)C[C@@H]2CCCC[C@@H]21. The smallest absolute Gasteiger partial charge is 0.0653 e. The van der Waals surface area contributed by atoms with Gasteiger partial charge in [0.25, 0.3) is 0 Å². The molecule has 2 saturated carbocycles. The molecule has 58 valence electrons. The predicted octanol–water partition coefficient (Wildman–Crippen LogP) is 1.95. The Kier molecular flexibility index (Phi) is 1.31. The minimum atomic E-state index is -0.287.